The van der Waals surface area contributed by atoms with Gasteiger partial charge in [0.15, 0.2) is 0 Å². The lowest BCUT2D eigenvalue weighted by atomic mass is 10.1. The number of aryl methyl sites for hydroxylation is 1. The molecule has 0 bridgehead atoms. The summed E-state index contributed by atoms with van der Waals surface area (Å²) in [6.45, 7) is 3.47. The average molecular weight is 453 g/mol. The standard InChI is InChI=1S/C22H19N3O6S/c1-12-6-4-8-15(10-12)23-20(27)18-13(2)17(22(28)31-3)21(32-18)24-19(26)14-7-5-9-16(11-14)25(29)30/h4-11H,1-3H3,(H,23,27)(H,24,26). The quantitative estimate of drug-likeness (QED) is 0.320. The van der Waals surface area contributed by atoms with Gasteiger partial charge < -0.3 is 15.4 Å². The van der Waals surface area contributed by atoms with Crippen molar-refractivity contribution in [2.45, 2.75) is 13.8 Å². The second-order valence-corrected chi connectivity index (χ2v) is 7.86. The van der Waals surface area contributed by atoms with Crippen LogP contribution in [0.4, 0.5) is 16.4 Å². The maximum absolute atomic E-state index is 12.9. The monoisotopic (exact) mass is 453 g/mol. The number of hydrogen-bond donors (Lipinski definition) is 2. The van der Waals surface area contributed by atoms with Crippen LogP contribution in [-0.2, 0) is 4.74 Å². The molecule has 2 N–H and O–H groups in total. The zero-order valence-corrected chi connectivity index (χ0v) is 18.2. The number of esters is 1. The SMILES string of the molecule is COC(=O)c1c(NC(=O)c2cccc([N+](=O)[O-])c2)sc(C(=O)Nc2cccc(C)c2)c1C. The number of carbonyl (C=O) groups is 3. The van der Waals surface area contributed by atoms with Crippen LogP contribution in [0.25, 0.3) is 0 Å². The van der Waals surface area contributed by atoms with Gasteiger partial charge in [-0.2, -0.15) is 0 Å². The van der Waals surface area contributed by atoms with Gasteiger partial charge >= 0.3 is 5.97 Å². The molecule has 10 heteroatoms. The molecule has 0 spiro atoms. The van der Waals surface area contributed by atoms with Crippen molar-refractivity contribution in [2.24, 2.45) is 0 Å². The number of anilines is 2. The third-order valence-electron chi connectivity index (χ3n) is 4.56. The number of carbonyl (C=O) groups excluding carboxylic acids is 3. The van der Waals surface area contributed by atoms with E-state index >= 15 is 0 Å². The van der Waals surface area contributed by atoms with Crippen molar-refractivity contribution in [3.8, 4) is 0 Å². The Kier molecular flexibility index (Phi) is 6.64. The fraction of sp³-hybridized carbons (Fsp3) is 0.136. The number of hydrogen-bond acceptors (Lipinski definition) is 7. The smallest absolute Gasteiger partial charge is 0.341 e. The van der Waals surface area contributed by atoms with Crippen molar-refractivity contribution in [3.05, 3.63) is 85.8 Å². The number of rotatable bonds is 6. The molecule has 0 saturated heterocycles. The minimum absolute atomic E-state index is 0.0341. The van der Waals surface area contributed by atoms with E-state index in [1.54, 1.807) is 25.1 Å². The molecule has 0 radical (unpaired) electrons. The summed E-state index contributed by atoms with van der Waals surface area (Å²) in [6.07, 6.45) is 0. The van der Waals surface area contributed by atoms with Crippen LogP contribution in [0.3, 0.4) is 0 Å². The molecule has 3 rings (SSSR count). The van der Waals surface area contributed by atoms with Crippen molar-refractivity contribution in [1.29, 1.82) is 0 Å². The molecule has 3 aromatic rings. The van der Waals surface area contributed by atoms with Gasteiger partial charge in [0.1, 0.15) is 5.00 Å². The van der Waals surface area contributed by atoms with Crippen LogP contribution in [0.15, 0.2) is 48.5 Å². The highest BCUT2D eigenvalue weighted by molar-refractivity contribution is 7.19. The number of non-ortho nitro benzene ring substituents is 1. The van der Waals surface area contributed by atoms with Crippen LogP contribution in [0.1, 0.15) is 41.5 Å². The van der Waals surface area contributed by atoms with E-state index in [-0.39, 0.29) is 26.7 Å². The molecule has 164 valence electrons. The molecule has 1 aromatic heterocycles. The predicted molar refractivity (Wildman–Crippen MR) is 121 cm³/mol. The van der Waals surface area contributed by atoms with Gasteiger partial charge in [0, 0.05) is 23.4 Å². The minimum Gasteiger partial charge on any atom is -0.465 e. The van der Waals surface area contributed by atoms with Crippen molar-refractivity contribution < 1.29 is 24.0 Å². The van der Waals surface area contributed by atoms with E-state index in [1.165, 1.54) is 25.3 Å². The van der Waals surface area contributed by atoms with E-state index < -0.39 is 22.7 Å². The molecule has 0 saturated carbocycles. The molecule has 2 aromatic carbocycles. The number of nitro groups is 1. The highest BCUT2D eigenvalue weighted by Gasteiger charge is 2.27. The van der Waals surface area contributed by atoms with Crippen LogP contribution in [-0.4, -0.2) is 29.8 Å². The zero-order chi connectivity index (χ0) is 23.4. The number of benzene rings is 2. The summed E-state index contributed by atoms with van der Waals surface area (Å²) in [4.78, 5) is 48.5. The zero-order valence-electron chi connectivity index (χ0n) is 17.4. The van der Waals surface area contributed by atoms with Gasteiger partial charge in [0.25, 0.3) is 17.5 Å². The first kappa shape index (κ1) is 22.6. The number of methoxy groups -OCH3 is 1. The van der Waals surface area contributed by atoms with Gasteiger partial charge in [-0.05, 0) is 43.2 Å². The average Bonchev–Trinajstić information content (AvgIpc) is 3.09. The molecular formula is C22H19N3O6S. The van der Waals surface area contributed by atoms with E-state index in [0.717, 1.165) is 23.0 Å². The van der Waals surface area contributed by atoms with E-state index in [9.17, 15) is 24.5 Å². The molecular weight excluding hydrogens is 434 g/mol. The predicted octanol–water partition coefficient (Wildman–Crippen LogP) is 4.56. The van der Waals surface area contributed by atoms with E-state index in [2.05, 4.69) is 10.6 Å². The minimum atomic E-state index is -0.720. The Morgan fingerprint density at radius 1 is 1.00 bits per heavy atom. The molecule has 0 atom stereocenters. The van der Waals surface area contributed by atoms with E-state index in [0.29, 0.717) is 11.3 Å². The summed E-state index contributed by atoms with van der Waals surface area (Å²) < 4.78 is 4.82. The summed E-state index contributed by atoms with van der Waals surface area (Å²) in [6, 6.07) is 12.4. The molecule has 0 fully saturated rings. The van der Waals surface area contributed by atoms with Crippen LogP contribution in [0, 0.1) is 24.0 Å². The summed E-state index contributed by atoms with van der Waals surface area (Å²) in [7, 11) is 1.19. The molecule has 9 nitrogen and oxygen atoms in total. The Morgan fingerprint density at radius 2 is 1.72 bits per heavy atom. The van der Waals surface area contributed by atoms with E-state index in [1.807, 2.05) is 13.0 Å². The molecule has 0 aliphatic carbocycles. The maximum atomic E-state index is 12.9. The van der Waals surface area contributed by atoms with Gasteiger partial charge in [0.05, 0.1) is 22.5 Å². The fourth-order valence-corrected chi connectivity index (χ4v) is 4.10. The van der Waals surface area contributed by atoms with Crippen molar-refractivity contribution >= 4 is 45.5 Å². The van der Waals surface area contributed by atoms with Crippen LogP contribution < -0.4 is 10.6 Å². The molecule has 0 aliphatic rings. The van der Waals surface area contributed by atoms with Gasteiger partial charge in [-0.15, -0.1) is 11.3 Å². The first-order valence-electron chi connectivity index (χ1n) is 9.36. The number of nitrogens with zero attached hydrogens (tertiary/aromatic N) is 1. The maximum Gasteiger partial charge on any atom is 0.341 e. The second-order valence-electron chi connectivity index (χ2n) is 6.84. The van der Waals surface area contributed by atoms with Gasteiger partial charge in [-0.3, -0.25) is 19.7 Å². The normalized spacial score (nSPS) is 10.3. The number of nitrogens with one attached hydrogen (secondary N) is 2. The third kappa shape index (κ3) is 4.81. The lowest BCUT2D eigenvalue weighted by Crippen LogP contribution is -2.14. The molecule has 0 aliphatic heterocycles. The Bertz CT molecular complexity index is 1230. The Hall–Kier alpha value is -4.05. The number of nitro benzene ring substituents is 1. The van der Waals surface area contributed by atoms with Crippen LogP contribution in [0.5, 0.6) is 0 Å². The lowest BCUT2D eigenvalue weighted by molar-refractivity contribution is -0.384. The van der Waals surface area contributed by atoms with Gasteiger partial charge in [-0.1, -0.05) is 18.2 Å². The Labute approximate surface area is 187 Å². The number of ether oxygens (including phenoxy) is 1. The number of amides is 2. The largest absolute Gasteiger partial charge is 0.465 e. The summed E-state index contributed by atoms with van der Waals surface area (Å²) in [5, 5.41) is 16.4. The fourth-order valence-electron chi connectivity index (χ4n) is 3.01. The topological polar surface area (TPSA) is 128 Å². The molecule has 1 heterocycles. The highest BCUT2D eigenvalue weighted by atomic mass is 32.1. The molecule has 2 amide bonds. The van der Waals surface area contributed by atoms with Crippen LogP contribution in [0.2, 0.25) is 0 Å². The molecule has 32 heavy (non-hydrogen) atoms. The first-order chi connectivity index (χ1) is 15.2. The lowest BCUT2D eigenvalue weighted by Gasteiger charge is -2.06. The summed E-state index contributed by atoms with van der Waals surface area (Å²) in [5.74, 6) is -1.83. The van der Waals surface area contributed by atoms with Crippen molar-refractivity contribution in [3.63, 3.8) is 0 Å². The van der Waals surface area contributed by atoms with E-state index in [4.69, 9.17) is 4.74 Å². The second kappa shape index (κ2) is 9.40. The Morgan fingerprint density at radius 3 is 2.38 bits per heavy atom. The third-order valence-corrected chi connectivity index (χ3v) is 5.77. The highest BCUT2D eigenvalue weighted by Crippen LogP contribution is 2.34. The molecule has 0 unspecified atom stereocenters. The summed E-state index contributed by atoms with van der Waals surface area (Å²) >= 11 is 0.916. The Balaban J connectivity index is 1.94. The first-order valence-corrected chi connectivity index (χ1v) is 10.2. The van der Waals surface area contributed by atoms with Gasteiger partial charge in [0.2, 0.25) is 0 Å². The van der Waals surface area contributed by atoms with Crippen molar-refractivity contribution in [2.75, 3.05) is 17.7 Å². The van der Waals surface area contributed by atoms with Crippen molar-refractivity contribution in [1.82, 2.24) is 0 Å². The number of thiophene rings is 1. The van der Waals surface area contributed by atoms with Gasteiger partial charge in [-0.25, -0.2) is 4.79 Å². The summed E-state index contributed by atoms with van der Waals surface area (Å²) in [5.41, 5.74) is 1.74. The van der Waals surface area contributed by atoms with Crippen LogP contribution >= 0.6 is 11.3 Å².